The van der Waals surface area contributed by atoms with Crippen LogP contribution in [-0.4, -0.2) is 73.9 Å². The molecule has 0 aliphatic carbocycles. The number of aliphatic hydroxyl groups excluding tert-OH is 3. The Morgan fingerprint density at radius 2 is 1.76 bits per heavy atom. The van der Waals surface area contributed by atoms with E-state index in [0.717, 1.165) is 0 Å². The summed E-state index contributed by atoms with van der Waals surface area (Å²) in [5.74, 6) is 0. The van der Waals surface area contributed by atoms with Crippen molar-refractivity contribution in [2.75, 3.05) is 13.2 Å². The van der Waals surface area contributed by atoms with E-state index < -0.39 is 45.1 Å². The molecule has 21 heavy (non-hydrogen) atoms. The van der Waals surface area contributed by atoms with Crippen LogP contribution in [0.2, 0.25) is 0 Å². The monoisotopic (exact) mass is 332 g/mol. The van der Waals surface area contributed by atoms with Gasteiger partial charge in [0.15, 0.2) is 6.29 Å². The molecular formula is C9H21N2O9P. The minimum absolute atomic E-state index is 0.176. The van der Waals surface area contributed by atoms with Crippen molar-refractivity contribution < 1.29 is 44.0 Å². The Morgan fingerprint density at radius 3 is 2.19 bits per heavy atom. The Balaban J connectivity index is 0.000000690. The third kappa shape index (κ3) is 8.44. The second-order valence-corrected chi connectivity index (χ2v) is 5.09. The van der Waals surface area contributed by atoms with Crippen LogP contribution in [0.4, 0.5) is 0 Å². The van der Waals surface area contributed by atoms with Gasteiger partial charge in [0.25, 0.3) is 0 Å². The number of ether oxygens (including phenoxy) is 2. The maximum absolute atomic E-state index is 9.59. The molecule has 126 valence electrons. The highest BCUT2D eigenvalue weighted by Crippen LogP contribution is 2.25. The van der Waals surface area contributed by atoms with Crippen LogP contribution in [0.25, 0.3) is 0 Å². The molecule has 0 aromatic carbocycles. The number of hydrogen-bond acceptors (Lipinski definition) is 8. The minimum Gasteiger partial charge on any atom is -0.405 e. The van der Waals surface area contributed by atoms with Crippen molar-refractivity contribution in [3.8, 4) is 0 Å². The number of aliphatic hydroxyl groups is 3. The SMILES string of the molecule is NC=CCOC1O[C@H](CO)[C@@H](O)[C@H](O)[C@H]1N.O=P(O)(O)O. The van der Waals surface area contributed by atoms with Crippen molar-refractivity contribution in [1.82, 2.24) is 0 Å². The van der Waals surface area contributed by atoms with Crippen molar-refractivity contribution in [3.63, 3.8) is 0 Å². The van der Waals surface area contributed by atoms with Crippen molar-refractivity contribution >= 4 is 7.82 Å². The largest absolute Gasteiger partial charge is 0.466 e. The molecule has 0 bridgehead atoms. The first-order valence-electron chi connectivity index (χ1n) is 5.76. The second kappa shape index (κ2) is 9.43. The number of rotatable bonds is 4. The van der Waals surface area contributed by atoms with Gasteiger partial charge in [0, 0.05) is 0 Å². The van der Waals surface area contributed by atoms with Gasteiger partial charge in [-0.3, -0.25) is 0 Å². The van der Waals surface area contributed by atoms with Gasteiger partial charge in [-0.1, -0.05) is 0 Å². The molecule has 1 aliphatic heterocycles. The molecule has 12 heteroatoms. The van der Waals surface area contributed by atoms with E-state index >= 15 is 0 Å². The summed E-state index contributed by atoms with van der Waals surface area (Å²) in [5.41, 5.74) is 10.7. The lowest BCUT2D eigenvalue weighted by molar-refractivity contribution is -0.262. The molecule has 5 atom stereocenters. The predicted molar refractivity (Wildman–Crippen MR) is 69.3 cm³/mol. The molecular weight excluding hydrogens is 311 g/mol. The Bertz CT molecular complexity index is 353. The van der Waals surface area contributed by atoms with Crippen LogP contribution < -0.4 is 11.5 Å². The lowest BCUT2D eigenvalue weighted by atomic mass is 9.98. The van der Waals surface area contributed by atoms with Crippen LogP contribution in [0.3, 0.4) is 0 Å². The summed E-state index contributed by atoms with van der Waals surface area (Å²) < 4.78 is 19.3. The number of hydrogen-bond donors (Lipinski definition) is 8. The zero-order valence-electron chi connectivity index (χ0n) is 11.0. The average Bonchev–Trinajstić information content (AvgIpc) is 2.37. The molecule has 0 radical (unpaired) electrons. The zero-order valence-corrected chi connectivity index (χ0v) is 11.9. The van der Waals surface area contributed by atoms with E-state index in [4.69, 9.17) is 45.3 Å². The molecule has 0 spiro atoms. The first-order chi connectivity index (χ1) is 9.61. The van der Waals surface area contributed by atoms with Crippen LogP contribution in [-0.2, 0) is 14.0 Å². The van der Waals surface area contributed by atoms with Gasteiger partial charge < -0.3 is 50.9 Å². The first kappa shape index (κ1) is 20.4. The zero-order chi connectivity index (χ0) is 16.6. The fraction of sp³-hybridized carbons (Fsp3) is 0.778. The summed E-state index contributed by atoms with van der Waals surface area (Å²) in [5, 5.41) is 28.0. The van der Waals surface area contributed by atoms with Gasteiger partial charge in [0.2, 0.25) is 0 Å². The molecule has 1 rings (SSSR count). The molecule has 1 fully saturated rings. The predicted octanol–water partition coefficient (Wildman–Crippen LogP) is -3.69. The quantitative estimate of drug-likeness (QED) is 0.235. The fourth-order valence-electron chi connectivity index (χ4n) is 1.46. The lowest BCUT2D eigenvalue weighted by Crippen LogP contribution is -2.62. The van der Waals surface area contributed by atoms with Gasteiger partial charge in [-0.25, -0.2) is 4.57 Å². The van der Waals surface area contributed by atoms with Crippen molar-refractivity contribution in [3.05, 3.63) is 12.3 Å². The Labute approximate surface area is 120 Å². The molecule has 0 saturated carbocycles. The number of phosphoric acid groups is 1. The van der Waals surface area contributed by atoms with Gasteiger partial charge >= 0.3 is 7.82 Å². The summed E-state index contributed by atoms with van der Waals surface area (Å²) in [6.07, 6.45) is -1.35. The molecule has 11 nitrogen and oxygen atoms in total. The molecule has 0 aromatic heterocycles. The van der Waals surface area contributed by atoms with E-state index in [1.807, 2.05) is 0 Å². The van der Waals surface area contributed by atoms with E-state index in [0.29, 0.717) is 0 Å². The normalized spacial score (nSPS) is 33.6. The van der Waals surface area contributed by atoms with E-state index in [1.54, 1.807) is 6.08 Å². The minimum atomic E-state index is -4.64. The Morgan fingerprint density at radius 1 is 1.24 bits per heavy atom. The summed E-state index contributed by atoms with van der Waals surface area (Å²) >= 11 is 0. The summed E-state index contributed by atoms with van der Waals surface area (Å²) in [6, 6.07) is -0.871. The van der Waals surface area contributed by atoms with Gasteiger partial charge in [-0.05, 0) is 12.3 Å². The molecule has 1 heterocycles. The maximum atomic E-state index is 9.59. The standard InChI is InChI=1S/C9H18N2O5.H3O4P/c10-2-1-3-15-9-6(11)8(14)7(13)5(4-12)16-9;1-5(2,3)4/h1-2,5-9,12-14H,3-4,10-11H2;(H3,1,2,3,4)/t5-,6-,7-,8-,9?;/m1./s1. The average molecular weight is 332 g/mol. The van der Waals surface area contributed by atoms with Gasteiger partial charge in [-0.15, -0.1) is 0 Å². The molecule has 1 unspecified atom stereocenters. The highest BCUT2D eigenvalue weighted by atomic mass is 31.2. The third-order valence-corrected chi connectivity index (χ3v) is 2.42. The maximum Gasteiger partial charge on any atom is 0.466 e. The topological polar surface area (TPSA) is 209 Å². The lowest BCUT2D eigenvalue weighted by Gasteiger charge is -2.40. The Kier molecular flexibility index (Phi) is 9.17. The summed E-state index contributed by atoms with van der Waals surface area (Å²) in [4.78, 5) is 21.6. The van der Waals surface area contributed by atoms with E-state index in [-0.39, 0.29) is 6.61 Å². The molecule has 10 N–H and O–H groups in total. The van der Waals surface area contributed by atoms with E-state index in [1.165, 1.54) is 6.20 Å². The van der Waals surface area contributed by atoms with Crippen molar-refractivity contribution in [2.24, 2.45) is 11.5 Å². The van der Waals surface area contributed by atoms with Crippen molar-refractivity contribution in [1.29, 1.82) is 0 Å². The Hall–Kier alpha value is -0.590. The van der Waals surface area contributed by atoms with Crippen molar-refractivity contribution in [2.45, 2.75) is 30.6 Å². The highest BCUT2D eigenvalue weighted by molar-refractivity contribution is 7.45. The molecule has 1 aliphatic rings. The second-order valence-electron chi connectivity index (χ2n) is 4.06. The first-order valence-corrected chi connectivity index (χ1v) is 7.33. The van der Waals surface area contributed by atoms with Gasteiger partial charge in [0.1, 0.15) is 18.3 Å². The van der Waals surface area contributed by atoms with Gasteiger partial charge in [-0.2, -0.15) is 0 Å². The molecule has 0 amide bonds. The van der Waals surface area contributed by atoms with E-state index in [9.17, 15) is 10.2 Å². The molecule has 1 saturated heterocycles. The van der Waals surface area contributed by atoms with Crippen LogP contribution in [0.15, 0.2) is 12.3 Å². The molecule has 0 aromatic rings. The van der Waals surface area contributed by atoms with Crippen LogP contribution in [0.1, 0.15) is 0 Å². The van der Waals surface area contributed by atoms with Crippen LogP contribution in [0, 0.1) is 0 Å². The van der Waals surface area contributed by atoms with Crippen LogP contribution in [0.5, 0.6) is 0 Å². The fourth-order valence-corrected chi connectivity index (χ4v) is 1.46. The highest BCUT2D eigenvalue weighted by Gasteiger charge is 2.42. The third-order valence-electron chi connectivity index (χ3n) is 2.42. The summed E-state index contributed by atoms with van der Waals surface area (Å²) in [6.45, 7) is -0.243. The van der Waals surface area contributed by atoms with E-state index in [2.05, 4.69) is 0 Å². The smallest absolute Gasteiger partial charge is 0.405 e. The van der Waals surface area contributed by atoms with Crippen LogP contribution >= 0.6 is 7.82 Å². The van der Waals surface area contributed by atoms with Gasteiger partial charge in [0.05, 0.1) is 19.3 Å². The summed E-state index contributed by atoms with van der Waals surface area (Å²) in [7, 11) is -4.64. The number of nitrogens with two attached hydrogens (primary N) is 2.